The Labute approximate surface area is 202 Å². The van der Waals surface area contributed by atoms with Crippen molar-refractivity contribution in [1.29, 1.82) is 0 Å². The highest BCUT2D eigenvalue weighted by Gasteiger charge is 2.28. The van der Waals surface area contributed by atoms with Crippen LogP contribution in [-0.2, 0) is 4.79 Å². The lowest BCUT2D eigenvalue weighted by atomic mass is 9.84. The molecule has 0 aromatic rings. The summed E-state index contributed by atoms with van der Waals surface area (Å²) in [6, 6.07) is 0. The van der Waals surface area contributed by atoms with Crippen LogP contribution >= 0.6 is 0 Å². The van der Waals surface area contributed by atoms with E-state index in [-0.39, 0.29) is 30.1 Å². The molecule has 3 N–H and O–H groups in total. The average molecular weight is 461 g/mol. The first-order valence-electron chi connectivity index (χ1n) is 12.5. The van der Waals surface area contributed by atoms with Crippen LogP contribution in [0, 0.1) is 23.7 Å². The topological polar surface area (TPSA) is 77.8 Å². The van der Waals surface area contributed by atoms with E-state index in [1.54, 1.807) is 18.2 Å². The van der Waals surface area contributed by atoms with E-state index in [2.05, 4.69) is 32.1 Å². The first kappa shape index (κ1) is 31.2. The summed E-state index contributed by atoms with van der Waals surface area (Å²) in [6.07, 6.45) is 17.5. The number of carbonyl (C=O) groups is 1. The van der Waals surface area contributed by atoms with E-state index < -0.39 is 12.2 Å². The van der Waals surface area contributed by atoms with Crippen LogP contribution in [-0.4, -0.2) is 39.9 Å². The van der Waals surface area contributed by atoms with E-state index in [1.165, 1.54) is 5.57 Å². The summed E-state index contributed by atoms with van der Waals surface area (Å²) in [5, 5.41) is 29.1. The Balaban J connectivity index is 4.86. The molecule has 0 aliphatic heterocycles. The summed E-state index contributed by atoms with van der Waals surface area (Å²) in [6.45, 7) is 14.0. The van der Waals surface area contributed by atoms with Crippen LogP contribution in [0.5, 0.6) is 0 Å². The molecule has 0 unspecified atom stereocenters. The fraction of sp³-hybridized carbons (Fsp3) is 0.621. The first-order valence-corrected chi connectivity index (χ1v) is 12.5. The van der Waals surface area contributed by atoms with Gasteiger partial charge in [0.1, 0.15) is 5.78 Å². The second-order valence-electron chi connectivity index (χ2n) is 9.29. The first-order chi connectivity index (χ1) is 15.6. The third kappa shape index (κ3) is 13.5. The van der Waals surface area contributed by atoms with Crippen LogP contribution in [0.4, 0.5) is 0 Å². The van der Waals surface area contributed by atoms with E-state index in [9.17, 15) is 15.0 Å². The highest BCUT2D eigenvalue weighted by atomic mass is 16.3. The zero-order chi connectivity index (χ0) is 25.4. The van der Waals surface area contributed by atoms with Crippen LogP contribution in [0.2, 0.25) is 0 Å². The largest absolute Gasteiger partial charge is 0.392 e. The zero-order valence-corrected chi connectivity index (χ0v) is 21.9. The summed E-state index contributed by atoms with van der Waals surface area (Å²) >= 11 is 0. The highest BCUT2D eigenvalue weighted by molar-refractivity contribution is 5.85. The SMILES string of the molecule is CCC(=C/[C@H](C)C/C=C/C(C)=C/[C@@H](C)C(=O)[C@@H](C)[C@H](O)[C@@H](C)CC)/C=C/[C@H](O)C/C=C\CO. The summed E-state index contributed by atoms with van der Waals surface area (Å²) in [5.74, 6) is -0.0379. The van der Waals surface area contributed by atoms with Crippen molar-refractivity contribution in [1.82, 2.24) is 0 Å². The number of Topliss-reactive ketones (excluding diaryl/α,β-unsaturated/α-hetero) is 1. The molecule has 0 aliphatic carbocycles. The Morgan fingerprint density at radius 1 is 0.909 bits per heavy atom. The zero-order valence-electron chi connectivity index (χ0n) is 21.9. The lowest BCUT2D eigenvalue weighted by molar-refractivity contribution is -0.129. The van der Waals surface area contributed by atoms with Crippen molar-refractivity contribution in [3.05, 3.63) is 59.8 Å². The number of ketones is 1. The van der Waals surface area contributed by atoms with Crippen molar-refractivity contribution in [2.75, 3.05) is 6.61 Å². The molecule has 4 heteroatoms. The molecule has 0 bridgehead atoms. The van der Waals surface area contributed by atoms with Gasteiger partial charge in [0.2, 0.25) is 0 Å². The lowest BCUT2D eigenvalue weighted by Gasteiger charge is -2.24. The minimum absolute atomic E-state index is 0.00799. The van der Waals surface area contributed by atoms with Gasteiger partial charge in [0.05, 0.1) is 18.8 Å². The molecule has 0 saturated heterocycles. The quantitative estimate of drug-likeness (QED) is 0.196. The van der Waals surface area contributed by atoms with E-state index >= 15 is 0 Å². The fourth-order valence-electron chi connectivity index (χ4n) is 3.67. The van der Waals surface area contributed by atoms with Crippen LogP contribution in [0.3, 0.4) is 0 Å². The van der Waals surface area contributed by atoms with E-state index in [1.807, 2.05) is 46.8 Å². The van der Waals surface area contributed by atoms with Crippen molar-refractivity contribution in [2.45, 2.75) is 86.4 Å². The third-order valence-electron chi connectivity index (χ3n) is 6.13. The molecular formula is C29H48O4. The van der Waals surface area contributed by atoms with Gasteiger partial charge in [0, 0.05) is 11.8 Å². The highest BCUT2D eigenvalue weighted by Crippen LogP contribution is 2.21. The van der Waals surface area contributed by atoms with Gasteiger partial charge in [-0.1, -0.05) is 108 Å². The molecule has 0 heterocycles. The Morgan fingerprint density at radius 2 is 1.58 bits per heavy atom. The molecule has 0 aromatic heterocycles. The van der Waals surface area contributed by atoms with Crippen molar-refractivity contribution < 1.29 is 20.1 Å². The number of allylic oxidation sites excluding steroid dienone is 7. The van der Waals surface area contributed by atoms with Crippen LogP contribution in [0.15, 0.2) is 59.8 Å². The Bertz CT molecular complexity index is 698. The molecule has 0 fully saturated rings. The Morgan fingerprint density at radius 3 is 2.15 bits per heavy atom. The summed E-state index contributed by atoms with van der Waals surface area (Å²) < 4.78 is 0. The number of rotatable bonds is 16. The predicted octanol–water partition coefficient (Wildman–Crippen LogP) is 5.96. The molecule has 188 valence electrons. The van der Waals surface area contributed by atoms with Gasteiger partial charge < -0.3 is 15.3 Å². The number of hydrogen-bond acceptors (Lipinski definition) is 4. The van der Waals surface area contributed by atoms with E-state index in [0.29, 0.717) is 12.3 Å². The maximum atomic E-state index is 12.7. The van der Waals surface area contributed by atoms with Gasteiger partial charge in [-0.2, -0.15) is 0 Å². The van der Waals surface area contributed by atoms with Crippen LogP contribution < -0.4 is 0 Å². The van der Waals surface area contributed by atoms with Gasteiger partial charge in [0.25, 0.3) is 0 Å². The van der Waals surface area contributed by atoms with Gasteiger partial charge in [-0.15, -0.1) is 0 Å². The number of aliphatic hydroxyl groups is 3. The van der Waals surface area contributed by atoms with Gasteiger partial charge in [-0.05, 0) is 38.0 Å². The standard InChI is InChI=1S/C29H48O4/c1-8-23(5)28(32)25(7)29(33)24(6)19-21(3)13-12-14-22(4)20-26(9-2)16-17-27(31)15-10-11-18-30/h10-13,16-17,19-20,22-25,27-28,30-32H,8-9,14-15,18H2,1-7H3/b11-10-,13-12+,17-16+,21-19+,26-20-/t22-,23+,24-,25+,27-,28-/m1/s1. The lowest BCUT2D eigenvalue weighted by Crippen LogP contribution is -2.33. The molecule has 0 rings (SSSR count). The predicted molar refractivity (Wildman–Crippen MR) is 140 cm³/mol. The fourth-order valence-corrected chi connectivity index (χ4v) is 3.67. The normalized spacial score (nSPS) is 19.2. The molecule has 4 nitrogen and oxygen atoms in total. The van der Waals surface area contributed by atoms with Crippen molar-refractivity contribution in [3.63, 3.8) is 0 Å². The van der Waals surface area contributed by atoms with Crippen LogP contribution in [0.25, 0.3) is 0 Å². The summed E-state index contributed by atoms with van der Waals surface area (Å²) in [5.41, 5.74) is 2.23. The molecule has 0 aliphatic rings. The molecule has 0 aromatic carbocycles. The maximum Gasteiger partial charge on any atom is 0.144 e. The molecule has 33 heavy (non-hydrogen) atoms. The van der Waals surface area contributed by atoms with Gasteiger partial charge in [0.15, 0.2) is 0 Å². The second-order valence-corrected chi connectivity index (χ2v) is 9.29. The summed E-state index contributed by atoms with van der Waals surface area (Å²) in [4.78, 5) is 12.7. The smallest absolute Gasteiger partial charge is 0.144 e. The summed E-state index contributed by atoms with van der Waals surface area (Å²) in [7, 11) is 0. The Kier molecular flexibility index (Phi) is 16.8. The van der Waals surface area contributed by atoms with Gasteiger partial charge in [-0.25, -0.2) is 0 Å². The van der Waals surface area contributed by atoms with Gasteiger partial charge in [-0.3, -0.25) is 4.79 Å². The molecule has 0 saturated carbocycles. The van der Waals surface area contributed by atoms with Gasteiger partial charge >= 0.3 is 0 Å². The minimum Gasteiger partial charge on any atom is -0.392 e. The van der Waals surface area contributed by atoms with Crippen molar-refractivity contribution in [3.8, 4) is 0 Å². The molecule has 6 atom stereocenters. The van der Waals surface area contributed by atoms with Crippen LogP contribution in [0.1, 0.15) is 74.1 Å². The number of carbonyl (C=O) groups excluding carboxylic acids is 1. The second kappa shape index (κ2) is 17.7. The minimum atomic E-state index is -0.596. The number of aliphatic hydroxyl groups excluding tert-OH is 3. The molecule has 0 radical (unpaired) electrons. The average Bonchev–Trinajstić information content (AvgIpc) is 2.79. The molecular weight excluding hydrogens is 412 g/mol. The van der Waals surface area contributed by atoms with E-state index in [0.717, 1.165) is 24.8 Å². The molecule has 0 spiro atoms. The number of hydrogen-bond donors (Lipinski definition) is 3. The van der Waals surface area contributed by atoms with Crippen molar-refractivity contribution in [2.24, 2.45) is 23.7 Å². The van der Waals surface area contributed by atoms with Crippen molar-refractivity contribution >= 4 is 5.78 Å². The van der Waals surface area contributed by atoms with E-state index in [4.69, 9.17) is 5.11 Å². The maximum absolute atomic E-state index is 12.7. The third-order valence-corrected chi connectivity index (χ3v) is 6.13. The Hall–Kier alpha value is -1.75. The molecule has 0 amide bonds. The monoisotopic (exact) mass is 460 g/mol.